The van der Waals surface area contributed by atoms with Crippen LogP contribution in [0.4, 0.5) is 5.82 Å². The van der Waals surface area contributed by atoms with Crippen molar-refractivity contribution < 1.29 is 4.79 Å². The summed E-state index contributed by atoms with van der Waals surface area (Å²) in [5.74, 6) is 0.127. The van der Waals surface area contributed by atoms with Gasteiger partial charge in [-0.2, -0.15) is 5.10 Å². The molecule has 2 aromatic rings. The summed E-state index contributed by atoms with van der Waals surface area (Å²) in [6.07, 6.45) is 4.56. The number of anilines is 1. The molecule has 0 saturated carbocycles. The maximum absolute atomic E-state index is 12.1. The SMILES string of the molecule is Cc1cc(C(=O)Nc2cnccn2)nn1C(C)(C)C. The lowest BCUT2D eigenvalue weighted by molar-refractivity contribution is 0.102. The van der Waals surface area contributed by atoms with E-state index in [1.807, 2.05) is 32.4 Å². The summed E-state index contributed by atoms with van der Waals surface area (Å²) in [6.45, 7) is 8.05. The molecule has 0 radical (unpaired) electrons. The second-order valence-corrected chi connectivity index (χ2v) is 5.30. The van der Waals surface area contributed by atoms with Crippen LogP contribution in [0.2, 0.25) is 0 Å². The van der Waals surface area contributed by atoms with Gasteiger partial charge in [0.15, 0.2) is 11.5 Å². The van der Waals surface area contributed by atoms with E-state index in [-0.39, 0.29) is 11.4 Å². The molecule has 100 valence electrons. The molecule has 2 heterocycles. The Morgan fingerprint density at radius 1 is 1.32 bits per heavy atom. The lowest BCUT2D eigenvalue weighted by atomic mass is 10.1. The summed E-state index contributed by atoms with van der Waals surface area (Å²) in [5, 5.41) is 7.00. The normalized spacial score (nSPS) is 11.4. The fourth-order valence-corrected chi connectivity index (χ4v) is 1.81. The van der Waals surface area contributed by atoms with Crippen molar-refractivity contribution >= 4 is 11.7 Å². The van der Waals surface area contributed by atoms with Crippen molar-refractivity contribution in [2.75, 3.05) is 5.32 Å². The van der Waals surface area contributed by atoms with Gasteiger partial charge in [-0.05, 0) is 33.8 Å². The number of nitrogens with one attached hydrogen (secondary N) is 1. The van der Waals surface area contributed by atoms with E-state index in [0.717, 1.165) is 5.69 Å². The van der Waals surface area contributed by atoms with Crippen molar-refractivity contribution in [2.24, 2.45) is 0 Å². The minimum atomic E-state index is -0.286. The van der Waals surface area contributed by atoms with E-state index in [4.69, 9.17) is 0 Å². The zero-order valence-electron chi connectivity index (χ0n) is 11.5. The van der Waals surface area contributed by atoms with Gasteiger partial charge < -0.3 is 5.32 Å². The van der Waals surface area contributed by atoms with Crippen molar-refractivity contribution in [1.82, 2.24) is 19.7 Å². The minimum absolute atomic E-state index is 0.158. The third-order valence-corrected chi connectivity index (χ3v) is 2.56. The maximum Gasteiger partial charge on any atom is 0.277 e. The topological polar surface area (TPSA) is 72.7 Å². The fraction of sp³-hybridized carbons (Fsp3) is 0.385. The molecule has 0 aliphatic heterocycles. The molecule has 19 heavy (non-hydrogen) atoms. The molecule has 0 saturated heterocycles. The van der Waals surface area contributed by atoms with Gasteiger partial charge in [0.1, 0.15) is 0 Å². The standard InChI is InChI=1S/C13H17N5O/c1-9-7-10(17-18(9)13(2,3)4)12(19)16-11-8-14-5-6-15-11/h5-8H,1-4H3,(H,15,16,19). The quantitative estimate of drug-likeness (QED) is 0.895. The molecule has 0 aliphatic carbocycles. The predicted octanol–water partition coefficient (Wildman–Crippen LogP) is 1.99. The van der Waals surface area contributed by atoms with Crippen LogP contribution < -0.4 is 5.32 Å². The number of aromatic nitrogens is 4. The molecule has 0 bridgehead atoms. The number of rotatable bonds is 2. The zero-order chi connectivity index (χ0) is 14.0. The van der Waals surface area contributed by atoms with Crippen LogP contribution in [0.15, 0.2) is 24.7 Å². The fourth-order valence-electron chi connectivity index (χ4n) is 1.81. The largest absolute Gasteiger partial charge is 0.304 e. The molecule has 0 atom stereocenters. The van der Waals surface area contributed by atoms with Gasteiger partial charge in [0.05, 0.1) is 11.7 Å². The Morgan fingerprint density at radius 2 is 2.05 bits per heavy atom. The van der Waals surface area contributed by atoms with Gasteiger partial charge in [0.2, 0.25) is 0 Å². The van der Waals surface area contributed by atoms with Crippen molar-refractivity contribution in [3.8, 4) is 0 Å². The Morgan fingerprint density at radius 3 is 2.58 bits per heavy atom. The molecule has 0 unspecified atom stereocenters. The van der Waals surface area contributed by atoms with Crippen LogP contribution in [0.5, 0.6) is 0 Å². The Balaban J connectivity index is 2.21. The highest BCUT2D eigenvalue weighted by Gasteiger charge is 2.20. The average molecular weight is 259 g/mol. The molecular weight excluding hydrogens is 242 g/mol. The minimum Gasteiger partial charge on any atom is -0.304 e. The second-order valence-electron chi connectivity index (χ2n) is 5.30. The van der Waals surface area contributed by atoms with Crippen molar-refractivity contribution in [1.29, 1.82) is 0 Å². The highest BCUT2D eigenvalue weighted by atomic mass is 16.2. The molecule has 1 amide bonds. The van der Waals surface area contributed by atoms with Gasteiger partial charge in [0.25, 0.3) is 5.91 Å². The summed E-state index contributed by atoms with van der Waals surface area (Å²) in [6, 6.07) is 1.76. The molecule has 6 nitrogen and oxygen atoms in total. The Hall–Kier alpha value is -2.24. The number of amides is 1. The number of nitrogens with zero attached hydrogens (tertiary/aromatic N) is 4. The van der Waals surface area contributed by atoms with Crippen LogP contribution in [0.1, 0.15) is 37.0 Å². The number of carbonyl (C=O) groups excluding carboxylic acids is 1. The lowest BCUT2D eigenvalue weighted by Gasteiger charge is -2.21. The third-order valence-electron chi connectivity index (χ3n) is 2.56. The first-order chi connectivity index (χ1) is 8.88. The molecule has 0 aliphatic rings. The summed E-state index contributed by atoms with van der Waals surface area (Å²) < 4.78 is 1.83. The van der Waals surface area contributed by atoms with Gasteiger partial charge in [-0.25, -0.2) is 4.98 Å². The van der Waals surface area contributed by atoms with Crippen LogP contribution in [0.25, 0.3) is 0 Å². The first kappa shape index (κ1) is 13.2. The highest BCUT2D eigenvalue weighted by molar-refractivity contribution is 6.02. The first-order valence-electron chi connectivity index (χ1n) is 6.02. The predicted molar refractivity (Wildman–Crippen MR) is 71.9 cm³/mol. The molecule has 2 rings (SSSR count). The summed E-state index contributed by atoms with van der Waals surface area (Å²) in [5.41, 5.74) is 1.16. The first-order valence-corrected chi connectivity index (χ1v) is 6.02. The van der Waals surface area contributed by atoms with Crippen LogP contribution in [0.3, 0.4) is 0 Å². The summed E-state index contributed by atoms with van der Waals surface area (Å²) >= 11 is 0. The van der Waals surface area contributed by atoms with E-state index in [0.29, 0.717) is 11.5 Å². The van der Waals surface area contributed by atoms with Gasteiger partial charge in [0, 0.05) is 18.1 Å². The second kappa shape index (κ2) is 4.79. The number of carbonyl (C=O) groups is 1. The van der Waals surface area contributed by atoms with E-state index in [2.05, 4.69) is 20.4 Å². The Bertz CT molecular complexity index is 583. The number of hydrogen-bond donors (Lipinski definition) is 1. The molecule has 0 aromatic carbocycles. The van der Waals surface area contributed by atoms with Crippen LogP contribution >= 0.6 is 0 Å². The van der Waals surface area contributed by atoms with Crippen LogP contribution in [-0.4, -0.2) is 25.7 Å². The highest BCUT2D eigenvalue weighted by Crippen LogP contribution is 2.17. The average Bonchev–Trinajstić information content (AvgIpc) is 2.72. The third kappa shape index (κ3) is 2.96. The Labute approximate surface area is 111 Å². The Kier molecular flexibility index (Phi) is 3.33. The molecule has 1 N–H and O–H groups in total. The van der Waals surface area contributed by atoms with Crippen molar-refractivity contribution in [3.05, 3.63) is 36.0 Å². The zero-order valence-corrected chi connectivity index (χ0v) is 11.5. The van der Waals surface area contributed by atoms with E-state index < -0.39 is 0 Å². The smallest absolute Gasteiger partial charge is 0.277 e. The monoisotopic (exact) mass is 259 g/mol. The van der Waals surface area contributed by atoms with Gasteiger partial charge >= 0.3 is 0 Å². The summed E-state index contributed by atoms with van der Waals surface area (Å²) in [7, 11) is 0. The van der Waals surface area contributed by atoms with Gasteiger partial charge in [-0.3, -0.25) is 14.5 Å². The number of hydrogen-bond acceptors (Lipinski definition) is 4. The van der Waals surface area contributed by atoms with Crippen molar-refractivity contribution in [2.45, 2.75) is 33.2 Å². The van der Waals surface area contributed by atoms with E-state index in [9.17, 15) is 4.79 Å². The molecule has 6 heteroatoms. The van der Waals surface area contributed by atoms with Crippen LogP contribution in [-0.2, 0) is 5.54 Å². The van der Waals surface area contributed by atoms with Crippen molar-refractivity contribution in [3.63, 3.8) is 0 Å². The summed E-state index contributed by atoms with van der Waals surface area (Å²) in [4.78, 5) is 19.9. The lowest BCUT2D eigenvalue weighted by Crippen LogP contribution is -2.25. The molecule has 0 fully saturated rings. The molecular formula is C13H17N5O. The van der Waals surface area contributed by atoms with Gasteiger partial charge in [-0.15, -0.1) is 0 Å². The number of aryl methyl sites for hydroxylation is 1. The van der Waals surface area contributed by atoms with Gasteiger partial charge in [-0.1, -0.05) is 0 Å². The van der Waals surface area contributed by atoms with E-state index in [1.165, 1.54) is 12.4 Å². The molecule has 0 spiro atoms. The van der Waals surface area contributed by atoms with E-state index in [1.54, 1.807) is 12.3 Å². The van der Waals surface area contributed by atoms with E-state index >= 15 is 0 Å². The van der Waals surface area contributed by atoms with Crippen LogP contribution in [0, 0.1) is 6.92 Å². The molecule has 2 aromatic heterocycles. The maximum atomic E-state index is 12.1.